The molecule has 1 saturated heterocycles. The highest BCUT2D eigenvalue weighted by Crippen LogP contribution is 2.13. The van der Waals surface area contributed by atoms with E-state index in [0.29, 0.717) is 17.2 Å². The quantitative estimate of drug-likeness (QED) is 0.843. The van der Waals surface area contributed by atoms with E-state index in [1.807, 2.05) is 31.7 Å². The average Bonchev–Trinajstić information content (AvgIpc) is 2.80. The van der Waals surface area contributed by atoms with E-state index in [-0.39, 0.29) is 18.0 Å². The van der Waals surface area contributed by atoms with Gasteiger partial charge in [0.05, 0.1) is 5.69 Å². The van der Waals surface area contributed by atoms with Gasteiger partial charge in [-0.1, -0.05) is 12.8 Å². The van der Waals surface area contributed by atoms with Gasteiger partial charge in [0.25, 0.3) is 5.56 Å². The lowest BCUT2D eigenvalue weighted by atomic mass is 10.2. The molecular formula is C19H27N5O2. The van der Waals surface area contributed by atoms with Crippen molar-refractivity contribution >= 4 is 5.91 Å². The lowest BCUT2D eigenvalue weighted by Gasteiger charge is -2.22. The molecule has 0 spiro atoms. The first-order valence-electron chi connectivity index (χ1n) is 9.28. The van der Waals surface area contributed by atoms with Crippen LogP contribution in [0.4, 0.5) is 0 Å². The Balaban J connectivity index is 2.02. The fourth-order valence-electron chi connectivity index (χ4n) is 3.43. The predicted molar refractivity (Wildman–Crippen MR) is 99.6 cm³/mol. The molecule has 7 nitrogen and oxygen atoms in total. The van der Waals surface area contributed by atoms with Crippen molar-refractivity contribution < 1.29 is 4.79 Å². The highest BCUT2D eigenvalue weighted by molar-refractivity contribution is 5.76. The second-order valence-corrected chi connectivity index (χ2v) is 7.15. The van der Waals surface area contributed by atoms with E-state index in [9.17, 15) is 9.59 Å². The fraction of sp³-hybridized carbons (Fsp3) is 0.579. The van der Waals surface area contributed by atoms with Crippen molar-refractivity contribution in [1.29, 1.82) is 0 Å². The molecule has 0 saturated carbocycles. The Morgan fingerprint density at radius 2 is 1.73 bits per heavy atom. The Labute approximate surface area is 153 Å². The first-order chi connectivity index (χ1) is 12.4. The van der Waals surface area contributed by atoms with E-state index in [4.69, 9.17) is 0 Å². The molecular weight excluding hydrogens is 330 g/mol. The molecule has 1 aliphatic rings. The summed E-state index contributed by atoms with van der Waals surface area (Å²) in [6.07, 6.45) is 4.37. The third kappa shape index (κ3) is 3.57. The standard InChI is InChI=1S/C19H27N5O2/c1-13-11-14(2)24(21-13)19-20-16(4)15(3)18(26)23(19)12-17(25)22-9-7-5-6-8-10-22/h11H,5-10,12H2,1-4H3. The van der Waals surface area contributed by atoms with Crippen LogP contribution in [0.1, 0.15) is 48.3 Å². The molecule has 3 heterocycles. The number of likely N-dealkylation sites (tertiary alicyclic amines) is 1. The van der Waals surface area contributed by atoms with Gasteiger partial charge in [-0.15, -0.1) is 0 Å². The van der Waals surface area contributed by atoms with Gasteiger partial charge < -0.3 is 4.90 Å². The predicted octanol–water partition coefficient (Wildman–Crippen LogP) is 2.07. The topological polar surface area (TPSA) is 73.0 Å². The number of hydrogen-bond acceptors (Lipinski definition) is 4. The number of amides is 1. The van der Waals surface area contributed by atoms with Crippen LogP contribution in [-0.2, 0) is 11.3 Å². The summed E-state index contributed by atoms with van der Waals surface area (Å²) >= 11 is 0. The Hall–Kier alpha value is -2.44. The summed E-state index contributed by atoms with van der Waals surface area (Å²) in [5, 5.41) is 4.46. The minimum absolute atomic E-state index is 0.000629. The number of aromatic nitrogens is 4. The maximum Gasteiger partial charge on any atom is 0.258 e. The van der Waals surface area contributed by atoms with Crippen LogP contribution in [-0.4, -0.2) is 43.2 Å². The maximum atomic E-state index is 12.9. The van der Waals surface area contributed by atoms with Gasteiger partial charge in [-0.3, -0.25) is 14.2 Å². The Morgan fingerprint density at radius 1 is 1.08 bits per heavy atom. The van der Waals surface area contributed by atoms with Crippen LogP contribution in [0, 0.1) is 27.7 Å². The minimum Gasteiger partial charge on any atom is -0.341 e. The summed E-state index contributed by atoms with van der Waals surface area (Å²) in [6, 6.07) is 1.93. The van der Waals surface area contributed by atoms with Crippen molar-refractivity contribution in [3.63, 3.8) is 0 Å². The van der Waals surface area contributed by atoms with Crippen molar-refractivity contribution in [2.75, 3.05) is 13.1 Å². The van der Waals surface area contributed by atoms with Crippen LogP contribution in [0.5, 0.6) is 0 Å². The van der Waals surface area contributed by atoms with Crippen LogP contribution in [0.2, 0.25) is 0 Å². The summed E-state index contributed by atoms with van der Waals surface area (Å²) in [7, 11) is 0. The summed E-state index contributed by atoms with van der Waals surface area (Å²) in [6.45, 7) is 8.91. The molecule has 2 aromatic heterocycles. The van der Waals surface area contributed by atoms with E-state index in [1.54, 1.807) is 11.6 Å². The SMILES string of the molecule is Cc1cc(C)n(-c2nc(C)c(C)c(=O)n2CC(=O)N2CCCCCC2)n1. The van der Waals surface area contributed by atoms with Gasteiger partial charge in [-0.25, -0.2) is 9.67 Å². The molecule has 140 valence electrons. The number of rotatable bonds is 3. The third-order valence-corrected chi connectivity index (χ3v) is 5.07. The van der Waals surface area contributed by atoms with Crippen molar-refractivity contribution in [3.05, 3.63) is 39.1 Å². The lowest BCUT2D eigenvalue weighted by Crippen LogP contribution is -2.39. The van der Waals surface area contributed by atoms with Gasteiger partial charge in [-0.2, -0.15) is 5.10 Å². The molecule has 26 heavy (non-hydrogen) atoms. The largest absolute Gasteiger partial charge is 0.341 e. The summed E-state index contributed by atoms with van der Waals surface area (Å²) in [4.78, 5) is 32.2. The Kier molecular flexibility index (Phi) is 5.25. The lowest BCUT2D eigenvalue weighted by molar-refractivity contribution is -0.131. The zero-order valence-corrected chi connectivity index (χ0v) is 16.1. The number of carbonyl (C=O) groups excluding carboxylic acids is 1. The van der Waals surface area contributed by atoms with Crippen molar-refractivity contribution in [2.45, 2.75) is 59.9 Å². The highest BCUT2D eigenvalue weighted by atomic mass is 16.2. The molecule has 1 fully saturated rings. The zero-order valence-electron chi connectivity index (χ0n) is 16.1. The van der Waals surface area contributed by atoms with Gasteiger partial charge >= 0.3 is 0 Å². The summed E-state index contributed by atoms with van der Waals surface area (Å²) < 4.78 is 3.12. The molecule has 1 amide bonds. The van der Waals surface area contributed by atoms with E-state index < -0.39 is 0 Å². The van der Waals surface area contributed by atoms with Crippen LogP contribution < -0.4 is 5.56 Å². The van der Waals surface area contributed by atoms with Crippen molar-refractivity contribution in [1.82, 2.24) is 24.2 Å². The van der Waals surface area contributed by atoms with E-state index in [0.717, 1.165) is 50.2 Å². The number of nitrogens with zero attached hydrogens (tertiary/aromatic N) is 5. The molecule has 0 bridgehead atoms. The van der Waals surface area contributed by atoms with Crippen LogP contribution >= 0.6 is 0 Å². The van der Waals surface area contributed by atoms with Crippen molar-refractivity contribution in [3.8, 4) is 5.95 Å². The van der Waals surface area contributed by atoms with Crippen molar-refractivity contribution in [2.24, 2.45) is 0 Å². The third-order valence-electron chi connectivity index (χ3n) is 5.07. The highest BCUT2D eigenvalue weighted by Gasteiger charge is 2.21. The normalized spacial score (nSPS) is 15.2. The molecule has 0 N–H and O–H groups in total. The molecule has 0 atom stereocenters. The van der Waals surface area contributed by atoms with Gasteiger partial charge in [0.1, 0.15) is 6.54 Å². The molecule has 0 radical (unpaired) electrons. The van der Waals surface area contributed by atoms with Crippen LogP contribution in [0.3, 0.4) is 0 Å². The number of hydrogen-bond donors (Lipinski definition) is 0. The summed E-state index contributed by atoms with van der Waals surface area (Å²) in [5.74, 6) is 0.383. The van der Waals surface area contributed by atoms with Gasteiger partial charge in [0, 0.05) is 30.0 Å². The number of carbonyl (C=O) groups is 1. The van der Waals surface area contributed by atoms with Crippen LogP contribution in [0.25, 0.3) is 5.95 Å². The van der Waals surface area contributed by atoms with Crippen LogP contribution in [0.15, 0.2) is 10.9 Å². The molecule has 3 rings (SSSR count). The van der Waals surface area contributed by atoms with Gasteiger partial charge in [0.2, 0.25) is 11.9 Å². The molecule has 7 heteroatoms. The second kappa shape index (κ2) is 7.43. The second-order valence-electron chi connectivity index (χ2n) is 7.15. The minimum atomic E-state index is -0.178. The Morgan fingerprint density at radius 3 is 2.31 bits per heavy atom. The zero-order chi connectivity index (χ0) is 18.8. The molecule has 1 aliphatic heterocycles. The number of aryl methyl sites for hydroxylation is 3. The average molecular weight is 357 g/mol. The maximum absolute atomic E-state index is 12.9. The molecule has 0 unspecified atom stereocenters. The monoisotopic (exact) mass is 357 g/mol. The van der Waals surface area contributed by atoms with Gasteiger partial charge in [-0.05, 0) is 46.6 Å². The first-order valence-corrected chi connectivity index (χ1v) is 9.28. The fourth-order valence-corrected chi connectivity index (χ4v) is 3.43. The summed E-state index contributed by atoms with van der Waals surface area (Å²) in [5.41, 5.74) is 2.78. The molecule has 0 aromatic carbocycles. The Bertz CT molecular complexity index is 873. The molecule has 2 aromatic rings. The van der Waals surface area contributed by atoms with Gasteiger partial charge in [0.15, 0.2) is 0 Å². The molecule has 0 aliphatic carbocycles. The van der Waals surface area contributed by atoms with E-state index in [1.165, 1.54) is 4.57 Å². The van der Waals surface area contributed by atoms with E-state index in [2.05, 4.69) is 10.1 Å². The first kappa shape index (κ1) is 18.4. The van der Waals surface area contributed by atoms with E-state index >= 15 is 0 Å². The smallest absolute Gasteiger partial charge is 0.258 e.